The summed E-state index contributed by atoms with van der Waals surface area (Å²) in [7, 11) is 0. The molecular formula is C15H20N4O. The van der Waals surface area contributed by atoms with E-state index in [1.165, 1.54) is 5.56 Å². The van der Waals surface area contributed by atoms with Crippen LogP contribution in [0.3, 0.4) is 0 Å². The summed E-state index contributed by atoms with van der Waals surface area (Å²) in [4.78, 5) is 20.6. The van der Waals surface area contributed by atoms with E-state index >= 15 is 0 Å². The zero-order chi connectivity index (χ0) is 14.4. The molecule has 106 valence electrons. The minimum Gasteiger partial charge on any atom is -0.360 e. The van der Waals surface area contributed by atoms with Crippen molar-refractivity contribution in [3.63, 3.8) is 0 Å². The fourth-order valence-electron chi connectivity index (χ4n) is 2.11. The lowest BCUT2D eigenvalue weighted by Crippen LogP contribution is -2.24. The van der Waals surface area contributed by atoms with Crippen LogP contribution in [0.4, 0.5) is 5.82 Å². The van der Waals surface area contributed by atoms with Crippen LogP contribution in [0.5, 0.6) is 0 Å². The van der Waals surface area contributed by atoms with Gasteiger partial charge in [0.15, 0.2) is 5.82 Å². The summed E-state index contributed by atoms with van der Waals surface area (Å²) in [5.74, 6) is 0.383. The molecular weight excluding hydrogens is 252 g/mol. The summed E-state index contributed by atoms with van der Waals surface area (Å²) in [6.07, 6.45) is 6.98. The standard InChI is InChI=1S/C15H20N4O/c1-3-9-19-10-8-17-14(15(19)20)18-11-13-12(4-2)6-5-7-16-13/h5-8,10H,3-4,9,11H2,1-2H3,(H,17,18). The number of hydrogen-bond donors (Lipinski definition) is 1. The van der Waals surface area contributed by atoms with E-state index in [-0.39, 0.29) is 5.56 Å². The molecule has 0 amide bonds. The average molecular weight is 272 g/mol. The van der Waals surface area contributed by atoms with Crippen LogP contribution in [0.1, 0.15) is 31.5 Å². The Morgan fingerprint density at radius 2 is 2.10 bits per heavy atom. The lowest BCUT2D eigenvalue weighted by Gasteiger charge is -2.10. The number of aryl methyl sites for hydroxylation is 2. The number of nitrogens with one attached hydrogen (secondary N) is 1. The second-order valence-electron chi connectivity index (χ2n) is 4.59. The van der Waals surface area contributed by atoms with Gasteiger partial charge >= 0.3 is 0 Å². The molecule has 0 bridgehead atoms. The molecule has 0 unspecified atom stereocenters. The van der Waals surface area contributed by atoms with Gasteiger partial charge in [0, 0.05) is 25.1 Å². The Labute approximate surface area is 118 Å². The molecule has 5 nitrogen and oxygen atoms in total. The van der Waals surface area contributed by atoms with Gasteiger partial charge in [0.1, 0.15) is 0 Å². The lowest BCUT2D eigenvalue weighted by molar-refractivity contribution is 0.649. The largest absolute Gasteiger partial charge is 0.360 e. The van der Waals surface area contributed by atoms with Gasteiger partial charge in [-0.2, -0.15) is 0 Å². The van der Waals surface area contributed by atoms with Gasteiger partial charge in [0.2, 0.25) is 0 Å². The molecule has 2 aromatic heterocycles. The molecule has 0 aliphatic carbocycles. The number of anilines is 1. The predicted molar refractivity (Wildman–Crippen MR) is 79.7 cm³/mol. The van der Waals surface area contributed by atoms with Crippen LogP contribution >= 0.6 is 0 Å². The van der Waals surface area contributed by atoms with Crippen molar-refractivity contribution in [3.05, 3.63) is 52.3 Å². The first-order valence-corrected chi connectivity index (χ1v) is 6.98. The third-order valence-corrected chi connectivity index (χ3v) is 3.17. The molecule has 20 heavy (non-hydrogen) atoms. The Morgan fingerprint density at radius 1 is 1.25 bits per heavy atom. The summed E-state index contributed by atoms with van der Waals surface area (Å²) in [6.45, 7) is 5.36. The van der Waals surface area contributed by atoms with Gasteiger partial charge in [-0.05, 0) is 24.5 Å². The maximum Gasteiger partial charge on any atom is 0.293 e. The van der Waals surface area contributed by atoms with Crippen molar-refractivity contribution >= 4 is 5.82 Å². The first kappa shape index (κ1) is 14.2. The molecule has 0 saturated heterocycles. The van der Waals surface area contributed by atoms with Crippen LogP contribution in [0.25, 0.3) is 0 Å². The summed E-state index contributed by atoms with van der Waals surface area (Å²) in [6, 6.07) is 3.98. The van der Waals surface area contributed by atoms with E-state index in [0.29, 0.717) is 18.9 Å². The van der Waals surface area contributed by atoms with Crippen LogP contribution in [0, 0.1) is 0 Å². The molecule has 2 aromatic rings. The molecule has 0 radical (unpaired) electrons. The van der Waals surface area contributed by atoms with E-state index in [1.54, 1.807) is 23.2 Å². The fourth-order valence-corrected chi connectivity index (χ4v) is 2.11. The quantitative estimate of drug-likeness (QED) is 0.876. The number of pyridine rings is 1. The van der Waals surface area contributed by atoms with Gasteiger partial charge in [-0.25, -0.2) is 4.98 Å². The third-order valence-electron chi connectivity index (χ3n) is 3.17. The van der Waals surface area contributed by atoms with Crippen molar-refractivity contribution in [2.45, 2.75) is 39.8 Å². The highest BCUT2D eigenvalue weighted by molar-refractivity contribution is 5.33. The highest BCUT2D eigenvalue weighted by Crippen LogP contribution is 2.07. The molecule has 0 aliphatic heterocycles. The molecule has 0 atom stereocenters. The highest BCUT2D eigenvalue weighted by atomic mass is 16.1. The van der Waals surface area contributed by atoms with E-state index < -0.39 is 0 Å². The smallest absolute Gasteiger partial charge is 0.293 e. The monoisotopic (exact) mass is 272 g/mol. The minimum absolute atomic E-state index is 0.0803. The van der Waals surface area contributed by atoms with Gasteiger partial charge in [-0.3, -0.25) is 9.78 Å². The van der Waals surface area contributed by atoms with E-state index in [9.17, 15) is 4.79 Å². The first-order chi connectivity index (χ1) is 9.76. The summed E-state index contributed by atoms with van der Waals surface area (Å²) >= 11 is 0. The SMILES string of the molecule is CCCn1ccnc(NCc2ncccc2CC)c1=O. The second kappa shape index (κ2) is 6.84. The van der Waals surface area contributed by atoms with Crippen molar-refractivity contribution in [3.8, 4) is 0 Å². The van der Waals surface area contributed by atoms with E-state index in [2.05, 4.69) is 28.3 Å². The molecule has 2 rings (SSSR count). The summed E-state index contributed by atoms with van der Waals surface area (Å²) in [5.41, 5.74) is 2.07. The zero-order valence-electron chi connectivity index (χ0n) is 12.0. The van der Waals surface area contributed by atoms with E-state index in [4.69, 9.17) is 0 Å². The van der Waals surface area contributed by atoms with Gasteiger partial charge in [0.25, 0.3) is 5.56 Å². The maximum atomic E-state index is 12.2. The molecule has 5 heteroatoms. The average Bonchev–Trinajstić information content (AvgIpc) is 2.48. The zero-order valence-corrected chi connectivity index (χ0v) is 12.0. The Kier molecular flexibility index (Phi) is 4.87. The van der Waals surface area contributed by atoms with Gasteiger partial charge < -0.3 is 9.88 Å². The molecule has 1 N–H and O–H groups in total. The van der Waals surface area contributed by atoms with Gasteiger partial charge in [-0.1, -0.05) is 19.9 Å². The highest BCUT2D eigenvalue weighted by Gasteiger charge is 2.06. The molecule has 0 aromatic carbocycles. The topological polar surface area (TPSA) is 59.8 Å². The van der Waals surface area contributed by atoms with Crippen LogP contribution in [-0.2, 0) is 19.5 Å². The van der Waals surface area contributed by atoms with Crippen LogP contribution in [-0.4, -0.2) is 14.5 Å². The molecule has 0 saturated carbocycles. The fraction of sp³-hybridized carbons (Fsp3) is 0.400. The first-order valence-electron chi connectivity index (χ1n) is 6.98. The third kappa shape index (κ3) is 3.23. The summed E-state index contributed by atoms with van der Waals surface area (Å²) < 4.78 is 1.68. The van der Waals surface area contributed by atoms with Gasteiger partial charge in [-0.15, -0.1) is 0 Å². The molecule has 0 aliphatic rings. The Hall–Kier alpha value is -2.17. The van der Waals surface area contributed by atoms with Crippen molar-refractivity contribution in [2.75, 3.05) is 5.32 Å². The number of rotatable bonds is 6. The molecule has 0 spiro atoms. The predicted octanol–water partition coefficient (Wildman–Crippen LogP) is 2.22. The lowest BCUT2D eigenvalue weighted by atomic mass is 10.1. The molecule has 2 heterocycles. The van der Waals surface area contributed by atoms with Crippen LogP contribution in [0.2, 0.25) is 0 Å². The number of aromatic nitrogens is 3. The van der Waals surface area contributed by atoms with Crippen molar-refractivity contribution < 1.29 is 0 Å². The normalized spacial score (nSPS) is 10.5. The van der Waals surface area contributed by atoms with E-state index in [0.717, 1.165) is 18.5 Å². The van der Waals surface area contributed by atoms with E-state index in [1.807, 2.05) is 13.0 Å². The Morgan fingerprint density at radius 3 is 2.85 bits per heavy atom. The minimum atomic E-state index is -0.0803. The number of hydrogen-bond acceptors (Lipinski definition) is 4. The van der Waals surface area contributed by atoms with Crippen molar-refractivity contribution in [1.82, 2.24) is 14.5 Å². The molecule has 0 fully saturated rings. The number of nitrogens with zero attached hydrogens (tertiary/aromatic N) is 3. The van der Waals surface area contributed by atoms with Gasteiger partial charge in [0.05, 0.1) is 12.2 Å². The summed E-state index contributed by atoms with van der Waals surface area (Å²) in [5, 5.41) is 3.10. The van der Waals surface area contributed by atoms with Crippen LogP contribution in [0.15, 0.2) is 35.5 Å². The van der Waals surface area contributed by atoms with Crippen LogP contribution < -0.4 is 10.9 Å². The van der Waals surface area contributed by atoms with Crippen molar-refractivity contribution in [1.29, 1.82) is 0 Å². The Balaban J connectivity index is 2.15. The second-order valence-corrected chi connectivity index (χ2v) is 4.59. The Bertz CT molecular complexity index is 621. The van der Waals surface area contributed by atoms with Crippen molar-refractivity contribution in [2.24, 2.45) is 0 Å². The maximum absolute atomic E-state index is 12.2.